The Kier molecular flexibility index (Phi) is 4.94. The molecule has 128 valence electrons. The summed E-state index contributed by atoms with van der Waals surface area (Å²) in [5, 5.41) is 9.18. The maximum atomic E-state index is 14.2. The molecule has 7 heteroatoms. The summed E-state index contributed by atoms with van der Waals surface area (Å²) >= 11 is 0. The van der Waals surface area contributed by atoms with Crippen LogP contribution in [0.4, 0.5) is 17.6 Å². The van der Waals surface area contributed by atoms with Crippen molar-refractivity contribution in [2.45, 2.75) is 25.1 Å². The summed E-state index contributed by atoms with van der Waals surface area (Å²) in [6.07, 6.45) is -7.35. The minimum atomic E-state index is -4.76. The molecule has 0 saturated heterocycles. The SMILES string of the molecule is C[C@H](C(N)=O)c1ccc(-c2ccc([C@@H](O)C(F)(F)F)cc2)c(F)c1. The molecule has 0 bridgehead atoms. The van der Waals surface area contributed by atoms with E-state index in [4.69, 9.17) is 5.73 Å². The van der Waals surface area contributed by atoms with E-state index in [0.717, 1.165) is 12.1 Å². The Morgan fingerprint density at radius 1 is 1.08 bits per heavy atom. The van der Waals surface area contributed by atoms with Gasteiger partial charge in [0.05, 0.1) is 5.92 Å². The maximum absolute atomic E-state index is 14.2. The molecule has 3 N–H and O–H groups in total. The van der Waals surface area contributed by atoms with Gasteiger partial charge in [0.15, 0.2) is 6.10 Å². The van der Waals surface area contributed by atoms with Gasteiger partial charge >= 0.3 is 6.18 Å². The van der Waals surface area contributed by atoms with Gasteiger partial charge in [-0.1, -0.05) is 36.4 Å². The van der Waals surface area contributed by atoms with Gasteiger partial charge in [0, 0.05) is 5.56 Å². The number of nitrogens with two attached hydrogens (primary N) is 1. The number of hydrogen-bond donors (Lipinski definition) is 2. The highest BCUT2D eigenvalue weighted by molar-refractivity contribution is 5.81. The third-order valence-corrected chi connectivity index (χ3v) is 3.77. The van der Waals surface area contributed by atoms with Crippen molar-refractivity contribution in [1.29, 1.82) is 0 Å². The van der Waals surface area contributed by atoms with Crippen LogP contribution in [0, 0.1) is 5.82 Å². The van der Waals surface area contributed by atoms with Gasteiger partial charge in [-0.3, -0.25) is 4.79 Å². The van der Waals surface area contributed by atoms with E-state index >= 15 is 0 Å². The number of carbonyl (C=O) groups is 1. The van der Waals surface area contributed by atoms with Crippen molar-refractivity contribution in [2.75, 3.05) is 0 Å². The molecule has 0 aliphatic carbocycles. The Labute approximate surface area is 135 Å². The zero-order valence-electron chi connectivity index (χ0n) is 12.6. The number of halogens is 4. The molecule has 0 aliphatic rings. The molecular weight excluding hydrogens is 326 g/mol. The zero-order chi connectivity index (χ0) is 18.1. The van der Waals surface area contributed by atoms with E-state index in [0.29, 0.717) is 11.1 Å². The Bertz CT molecular complexity index is 741. The Balaban J connectivity index is 2.31. The zero-order valence-corrected chi connectivity index (χ0v) is 12.6. The summed E-state index contributed by atoms with van der Waals surface area (Å²) < 4.78 is 51.6. The van der Waals surface area contributed by atoms with Crippen molar-refractivity contribution >= 4 is 5.91 Å². The van der Waals surface area contributed by atoms with E-state index in [-0.39, 0.29) is 11.1 Å². The molecule has 0 unspecified atom stereocenters. The number of benzene rings is 2. The largest absolute Gasteiger partial charge is 0.418 e. The highest BCUT2D eigenvalue weighted by atomic mass is 19.4. The highest BCUT2D eigenvalue weighted by Crippen LogP contribution is 2.34. The number of amides is 1. The molecule has 0 radical (unpaired) electrons. The number of hydrogen-bond acceptors (Lipinski definition) is 2. The van der Waals surface area contributed by atoms with Crippen LogP contribution in [0.5, 0.6) is 0 Å². The van der Waals surface area contributed by atoms with Crippen molar-refractivity contribution < 1.29 is 27.5 Å². The smallest absolute Gasteiger partial charge is 0.379 e. The van der Waals surface area contributed by atoms with Crippen LogP contribution < -0.4 is 5.73 Å². The van der Waals surface area contributed by atoms with Crippen molar-refractivity contribution in [1.82, 2.24) is 0 Å². The fourth-order valence-corrected chi connectivity index (χ4v) is 2.23. The number of rotatable bonds is 4. The summed E-state index contributed by atoms with van der Waals surface area (Å²) in [6, 6.07) is 8.90. The lowest BCUT2D eigenvalue weighted by atomic mass is 9.96. The summed E-state index contributed by atoms with van der Waals surface area (Å²) in [6.45, 7) is 1.55. The minimum Gasteiger partial charge on any atom is -0.379 e. The fourth-order valence-electron chi connectivity index (χ4n) is 2.23. The maximum Gasteiger partial charge on any atom is 0.418 e. The van der Waals surface area contributed by atoms with Gasteiger partial charge in [0.1, 0.15) is 5.82 Å². The summed E-state index contributed by atoms with van der Waals surface area (Å²) in [5.74, 6) is -1.87. The molecule has 0 saturated carbocycles. The lowest BCUT2D eigenvalue weighted by Crippen LogP contribution is -2.20. The van der Waals surface area contributed by atoms with Crippen LogP contribution in [-0.4, -0.2) is 17.2 Å². The average Bonchev–Trinajstić information content (AvgIpc) is 2.52. The first kappa shape index (κ1) is 17.9. The molecule has 0 spiro atoms. The van der Waals surface area contributed by atoms with Crippen LogP contribution in [-0.2, 0) is 4.79 Å². The lowest BCUT2D eigenvalue weighted by Gasteiger charge is -2.15. The fraction of sp³-hybridized carbons (Fsp3) is 0.235. The third kappa shape index (κ3) is 3.73. The van der Waals surface area contributed by atoms with Crippen LogP contribution in [0.25, 0.3) is 11.1 Å². The monoisotopic (exact) mass is 341 g/mol. The van der Waals surface area contributed by atoms with Crippen LogP contribution in [0.1, 0.15) is 30.1 Å². The van der Waals surface area contributed by atoms with Crippen LogP contribution >= 0.6 is 0 Å². The average molecular weight is 341 g/mol. The van der Waals surface area contributed by atoms with Crippen molar-refractivity contribution in [3.8, 4) is 11.1 Å². The number of aliphatic hydroxyl groups is 1. The van der Waals surface area contributed by atoms with Crippen LogP contribution in [0.3, 0.4) is 0 Å². The molecule has 2 atom stereocenters. The quantitative estimate of drug-likeness (QED) is 0.834. The minimum absolute atomic E-state index is 0.170. The van der Waals surface area contributed by atoms with Gasteiger partial charge < -0.3 is 10.8 Å². The lowest BCUT2D eigenvalue weighted by molar-refractivity contribution is -0.206. The summed E-state index contributed by atoms with van der Waals surface area (Å²) in [4.78, 5) is 11.1. The molecule has 2 aromatic carbocycles. The molecule has 0 fully saturated rings. The van der Waals surface area contributed by atoms with Gasteiger partial charge in [-0.05, 0) is 29.7 Å². The Hall–Kier alpha value is -2.41. The molecule has 24 heavy (non-hydrogen) atoms. The second kappa shape index (κ2) is 6.60. The van der Waals surface area contributed by atoms with E-state index in [1.807, 2.05) is 0 Å². The van der Waals surface area contributed by atoms with Crippen molar-refractivity contribution in [3.05, 3.63) is 59.4 Å². The third-order valence-electron chi connectivity index (χ3n) is 3.77. The molecule has 2 rings (SSSR count). The number of aliphatic hydroxyl groups excluding tert-OH is 1. The first-order chi connectivity index (χ1) is 11.1. The van der Waals surface area contributed by atoms with Gasteiger partial charge in [0.25, 0.3) is 0 Å². The van der Waals surface area contributed by atoms with Gasteiger partial charge in [-0.2, -0.15) is 13.2 Å². The molecule has 3 nitrogen and oxygen atoms in total. The normalized spacial score (nSPS) is 14.2. The van der Waals surface area contributed by atoms with E-state index in [2.05, 4.69) is 0 Å². The van der Waals surface area contributed by atoms with E-state index < -0.39 is 29.9 Å². The van der Waals surface area contributed by atoms with E-state index in [1.165, 1.54) is 30.3 Å². The van der Waals surface area contributed by atoms with E-state index in [9.17, 15) is 27.5 Å². The summed E-state index contributed by atoms with van der Waals surface area (Å²) in [7, 11) is 0. The standard InChI is InChI=1S/C17H15F4NO2/c1-9(16(22)24)12-6-7-13(14(18)8-12)10-2-4-11(5-3-10)15(23)17(19,20)21/h2-9,15,23H,1H3,(H2,22,24)/t9-,15+/m0/s1. The summed E-state index contributed by atoms with van der Waals surface area (Å²) in [5.41, 5.74) is 5.77. The Morgan fingerprint density at radius 2 is 1.62 bits per heavy atom. The Morgan fingerprint density at radius 3 is 2.08 bits per heavy atom. The van der Waals surface area contributed by atoms with Gasteiger partial charge in [-0.15, -0.1) is 0 Å². The first-order valence-corrected chi connectivity index (χ1v) is 7.05. The van der Waals surface area contributed by atoms with Crippen molar-refractivity contribution in [3.63, 3.8) is 0 Å². The number of primary amides is 1. The van der Waals surface area contributed by atoms with Gasteiger partial charge in [-0.25, -0.2) is 4.39 Å². The molecule has 0 aromatic heterocycles. The first-order valence-electron chi connectivity index (χ1n) is 7.05. The van der Waals surface area contributed by atoms with Crippen LogP contribution in [0.2, 0.25) is 0 Å². The molecular formula is C17H15F4NO2. The molecule has 1 amide bonds. The molecule has 0 aliphatic heterocycles. The molecule has 0 heterocycles. The topological polar surface area (TPSA) is 63.3 Å². The number of alkyl halides is 3. The van der Waals surface area contributed by atoms with Crippen LogP contribution in [0.15, 0.2) is 42.5 Å². The van der Waals surface area contributed by atoms with Gasteiger partial charge in [0.2, 0.25) is 5.91 Å². The number of carbonyl (C=O) groups excluding carboxylic acids is 1. The van der Waals surface area contributed by atoms with Crippen molar-refractivity contribution in [2.24, 2.45) is 5.73 Å². The predicted octanol–water partition coefficient (Wildman–Crippen LogP) is 3.68. The molecule has 2 aromatic rings. The second-order valence-electron chi connectivity index (χ2n) is 5.43. The highest BCUT2D eigenvalue weighted by Gasteiger charge is 2.39. The van der Waals surface area contributed by atoms with E-state index in [1.54, 1.807) is 6.92 Å². The second-order valence-corrected chi connectivity index (χ2v) is 5.43. The predicted molar refractivity (Wildman–Crippen MR) is 80.5 cm³/mol.